The summed E-state index contributed by atoms with van der Waals surface area (Å²) in [7, 11) is 0. The number of aliphatic hydroxyl groups is 1. The Morgan fingerprint density at radius 2 is 1.47 bits per heavy atom. The number of hydrogen-bond acceptors (Lipinski definition) is 7. The number of aromatic nitrogens is 5. The number of anilines is 2. The lowest BCUT2D eigenvalue weighted by molar-refractivity contribution is 0.219. The number of benzene rings is 2. The summed E-state index contributed by atoms with van der Waals surface area (Å²) in [6, 6.07) is 18.2. The van der Waals surface area contributed by atoms with Crippen LogP contribution in [0.2, 0.25) is 0 Å². The minimum Gasteiger partial charge on any atom is -0.384 e. The third kappa shape index (κ3) is 4.25. The smallest absolute Gasteiger partial charge is 0.225 e. The molecule has 0 aliphatic carbocycles. The van der Waals surface area contributed by atoms with Crippen LogP contribution in [0.5, 0.6) is 0 Å². The molecule has 180 valence electrons. The van der Waals surface area contributed by atoms with Crippen LogP contribution < -0.4 is 9.80 Å². The summed E-state index contributed by atoms with van der Waals surface area (Å²) in [6.07, 6.45) is 5.98. The molecular weight excluding hydrogens is 457 g/mol. The van der Waals surface area contributed by atoms with E-state index in [0.717, 1.165) is 48.6 Å². The van der Waals surface area contributed by atoms with Crippen molar-refractivity contribution in [3.8, 4) is 11.1 Å². The van der Waals surface area contributed by atoms with E-state index < -0.39 is 6.10 Å². The SMILES string of the molecule is OC(c1ccc(F)cc1)c1cnc(N2CCN(c3ncnn4cc(-c5ccccc5)cc34)CC2)nc1. The summed E-state index contributed by atoms with van der Waals surface area (Å²) in [5.41, 5.74) is 4.38. The van der Waals surface area contributed by atoms with Crippen LogP contribution in [0.4, 0.5) is 16.2 Å². The summed E-state index contributed by atoms with van der Waals surface area (Å²) >= 11 is 0. The van der Waals surface area contributed by atoms with Crippen LogP contribution in [0.3, 0.4) is 0 Å². The second kappa shape index (κ2) is 9.35. The van der Waals surface area contributed by atoms with Crippen molar-refractivity contribution in [2.75, 3.05) is 36.0 Å². The Kier molecular flexibility index (Phi) is 5.74. The van der Waals surface area contributed by atoms with Gasteiger partial charge in [-0.15, -0.1) is 0 Å². The van der Waals surface area contributed by atoms with Crippen LogP contribution in [0.25, 0.3) is 16.6 Å². The second-order valence-corrected chi connectivity index (χ2v) is 8.75. The van der Waals surface area contributed by atoms with E-state index in [-0.39, 0.29) is 5.82 Å². The van der Waals surface area contributed by atoms with E-state index in [4.69, 9.17) is 0 Å². The first-order chi connectivity index (χ1) is 17.7. The minimum absolute atomic E-state index is 0.340. The van der Waals surface area contributed by atoms with Gasteiger partial charge in [0.1, 0.15) is 23.8 Å². The van der Waals surface area contributed by atoms with Crippen molar-refractivity contribution in [1.82, 2.24) is 24.6 Å². The molecule has 1 saturated heterocycles. The summed E-state index contributed by atoms with van der Waals surface area (Å²) < 4.78 is 15.1. The van der Waals surface area contributed by atoms with Crippen LogP contribution in [-0.2, 0) is 0 Å². The number of halogens is 1. The molecule has 1 N–H and O–H groups in total. The number of rotatable bonds is 5. The van der Waals surface area contributed by atoms with Crippen molar-refractivity contribution in [3.05, 3.63) is 103 Å². The van der Waals surface area contributed by atoms with Crippen LogP contribution in [0, 0.1) is 5.82 Å². The van der Waals surface area contributed by atoms with Crippen molar-refractivity contribution < 1.29 is 9.50 Å². The fourth-order valence-corrected chi connectivity index (χ4v) is 4.54. The quantitative estimate of drug-likeness (QED) is 0.410. The molecule has 0 saturated carbocycles. The van der Waals surface area contributed by atoms with Gasteiger partial charge in [0.15, 0.2) is 5.82 Å². The number of piperazine rings is 1. The molecule has 4 heterocycles. The fraction of sp³-hybridized carbons (Fsp3) is 0.185. The Morgan fingerprint density at radius 1 is 0.778 bits per heavy atom. The molecule has 0 amide bonds. The predicted molar refractivity (Wildman–Crippen MR) is 135 cm³/mol. The molecule has 5 aromatic rings. The van der Waals surface area contributed by atoms with Gasteiger partial charge in [0.05, 0.1) is 0 Å². The number of nitrogens with zero attached hydrogens (tertiary/aromatic N) is 7. The molecule has 1 fully saturated rings. The third-order valence-electron chi connectivity index (χ3n) is 6.51. The lowest BCUT2D eigenvalue weighted by Gasteiger charge is -2.35. The van der Waals surface area contributed by atoms with Crippen molar-refractivity contribution >= 4 is 17.3 Å². The monoisotopic (exact) mass is 481 g/mol. The highest BCUT2D eigenvalue weighted by Crippen LogP contribution is 2.28. The van der Waals surface area contributed by atoms with E-state index in [1.54, 1.807) is 30.9 Å². The van der Waals surface area contributed by atoms with Crippen LogP contribution >= 0.6 is 0 Å². The zero-order chi connectivity index (χ0) is 24.5. The van der Waals surface area contributed by atoms with Gasteiger partial charge in [-0.05, 0) is 29.3 Å². The first-order valence-corrected chi connectivity index (χ1v) is 11.8. The standard InChI is InChI=1S/C27H24FN7O/c28-23-8-6-20(7-9-23)25(36)22-15-29-27(30-16-22)34-12-10-33(11-13-34)26-24-14-21(17-35(24)32-18-31-26)19-4-2-1-3-5-19/h1-9,14-18,25,36H,10-13H2. The van der Waals surface area contributed by atoms with Crippen molar-refractivity contribution in [1.29, 1.82) is 0 Å². The predicted octanol–water partition coefficient (Wildman–Crippen LogP) is 3.73. The van der Waals surface area contributed by atoms with E-state index >= 15 is 0 Å². The normalized spacial score (nSPS) is 14.8. The van der Waals surface area contributed by atoms with Crippen LogP contribution in [-0.4, -0.2) is 55.9 Å². The Hall–Kier alpha value is -4.37. The molecule has 3 aromatic heterocycles. The lowest BCUT2D eigenvalue weighted by atomic mass is 10.0. The minimum atomic E-state index is -0.903. The highest BCUT2D eigenvalue weighted by atomic mass is 19.1. The average molecular weight is 482 g/mol. The zero-order valence-electron chi connectivity index (χ0n) is 19.4. The van der Waals surface area contributed by atoms with Gasteiger partial charge in [-0.2, -0.15) is 5.10 Å². The van der Waals surface area contributed by atoms with Gasteiger partial charge in [0.2, 0.25) is 5.95 Å². The molecule has 8 nitrogen and oxygen atoms in total. The van der Waals surface area contributed by atoms with Crippen LogP contribution in [0.1, 0.15) is 17.2 Å². The maximum atomic E-state index is 13.2. The van der Waals surface area contributed by atoms with E-state index in [1.165, 1.54) is 12.1 Å². The largest absolute Gasteiger partial charge is 0.384 e. The second-order valence-electron chi connectivity index (χ2n) is 8.75. The number of fused-ring (bicyclic) bond motifs is 1. The van der Waals surface area contributed by atoms with E-state index in [2.05, 4.69) is 48.0 Å². The van der Waals surface area contributed by atoms with Gasteiger partial charge < -0.3 is 14.9 Å². The molecule has 0 spiro atoms. The third-order valence-corrected chi connectivity index (χ3v) is 6.51. The van der Waals surface area contributed by atoms with Gasteiger partial charge in [-0.3, -0.25) is 0 Å². The van der Waals surface area contributed by atoms with E-state index in [0.29, 0.717) is 17.1 Å². The topological polar surface area (TPSA) is 82.7 Å². The Labute approximate surface area is 207 Å². The zero-order valence-corrected chi connectivity index (χ0v) is 19.4. The molecule has 9 heteroatoms. The van der Waals surface area contributed by atoms with Crippen molar-refractivity contribution in [2.24, 2.45) is 0 Å². The number of aliphatic hydroxyl groups excluding tert-OH is 1. The van der Waals surface area contributed by atoms with Gasteiger partial charge in [0.25, 0.3) is 0 Å². The van der Waals surface area contributed by atoms with Gasteiger partial charge >= 0.3 is 0 Å². The molecule has 0 bridgehead atoms. The Bertz CT molecular complexity index is 1460. The molecule has 0 radical (unpaired) electrons. The van der Waals surface area contributed by atoms with E-state index in [1.807, 2.05) is 28.9 Å². The molecule has 1 atom stereocenters. The molecule has 1 aliphatic rings. The highest BCUT2D eigenvalue weighted by Gasteiger charge is 2.23. The Morgan fingerprint density at radius 3 is 2.19 bits per heavy atom. The summed E-state index contributed by atoms with van der Waals surface area (Å²) in [5.74, 6) is 1.19. The van der Waals surface area contributed by atoms with Crippen molar-refractivity contribution in [3.63, 3.8) is 0 Å². The Balaban J connectivity index is 1.15. The molecule has 1 unspecified atom stereocenters. The first kappa shape index (κ1) is 22.1. The average Bonchev–Trinajstić information content (AvgIpc) is 3.39. The number of hydrogen-bond donors (Lipinski definition) is 1. The summed E-state index contributed by atoms with van der Waals surface area (Å²) in [6.45, 7) is 3.01. The molecule has 6 rings (SSSR count). The summed E-state index contributed by atoms with van der Waals surface area (Å²) in [5, 5.41) is 15.0. The van der Waals surface area contributed by atoms with E-state index in [9.17, 15) is 9.50 Å². The fourth-order valence-electron chi connectivity index (χ4n) is 4.54. The molecular formula is C27H24FN7O. The first-order valence-electron chi connectivity index (χ1n) is 11.8. The molecule has 1 aliphatic heterocycles. The maximum absolute atomic E-state index is 13.2. The van der Waals surface area contributed by atoms with Crippen molar-refractivity contribution in [2.45, 2.75) is 6.10 Å². The molecule has 36 heavy (non-hydrogen) atoms. The van der Waals surface area contributed by atoms with Crippen LogP contribution in [0.15, 0.2) is 85.6 Å². The summed E-state index contributed by atoms with van der Waals surface area (Å²) in [4.78, 5) is 17.9. The van der Waals surface area contributed by atoms with Gasteiger partial charge in [-0.25, -0.2) is 23.9 Å². The van der Waals surface area contributed by atoms with Gasteiger partial charge in [-0.1, -0.05) is 42.5 Å². The molecule has 2 aromatic carbocycles. The highest BCUT2D eigenvalue weighted by molar-refractivity contribution is 5.77. The maximum Gasteiger partial charge on any atom is 0.225 e. The lowest BCUT2D eigenvalue weighted by Crippen LogP contribution is -2.47. The van der Waals surface area contributed by atoms with Gasteiger partial charge in [0, 0.05) is 55.9 Å².